The summed E-state index contributed by atoms with van der Waals surface area (Å²) in [5.74, 6) is 0.972. The van der Waals surface area contributed by atoms with Gasteiger partial charge in [-0.25, -0.2) is 0 Å². The SMILES string of the molecule is CC(C)CCOC(C)C(=O)NCC(N)c1ccc(C(C)C)cc1. The van der Waals surface area contributed by atoms with Crippen LogP contribution < -0.4 is 11.1 Å². The van der Waals surface area contributed by atoms with Gasteiger partial charge in [0.25, 0.3) is 0 Å². The number of carbonyl (C=O) groups is 1. The second-order valence-electron chi connectivity index (χ2n) is 6.87. The minimum atomic E-state index is -0.440. The highest BCUT2D eigenvalue weighted by Crippen LogP contribution is 2.17. The van der Waals surface area contributed by atoms with E-state index in [2.05, 4.69) is 45.1 Å². The molecule has 130 valence electrons. The summed E-state index contributed by atoms with van der Waals surface area (Å²) in [4.78, 5) is 12.0. The van der Waals surface area contributed by atoms with Crippen LogP contribution in [0.5, 0.6) is 0 Å². The molecule has 0 bridgehead atoms. The highest BCUT2D eigenvalue weighted by atomic mass is 16.5. The summed E-state index contributed by atoms with van der Waals surface area (Å²) in [7, 11) is 0. The summed E-state index contributed by atoms with van der Waals surface area (Å²) in [6, 6.07) is 8.06. The summed E-state index contributed by atoms with van der Waals surface area (Å²) >= 11 is 0. The number of hydrogen-bond donors (Lipinski definition) is 2. The average Bonchev–Trinajstić information content (AvgIpc) is 2.51. The molecule has 0 heterocycles. The topological polar surface area (TPSA) is 64.3 Å². The van der Waals surface area contributed by atoms with E-state index in [1.54, 1.807) is 6.92 Å². The lowest BCUT2D eigenvalue weighted by atomic mass is 9.99. The Morgan fingerprint density at radius 3 is 2.17 bits per heavy atom. The van der Waals surface area contributed by atoms with Crippen molar-refractivity contribution in [2.24, 2.45) is 11.7 Å². The first-order valence-corrected chi connectivity index (χ1v) is 8.56. The van der Waals surface area contributed by atoms with Gasteiger partial charge in [0.2, 0.25) is 5.91 Å². The summed E-state index contributed by atoms with van der Waals surface area (Å²) in [5.41, 5.74) is 8.47. The van der Waals surface area contributed by atoms with Gasteiger partial charge in [0.15, 0.2) is 0 Å². The number of ether oxygens (including phenoxy) is 1. The van der Waals surface area contributed by atoms with E-state index in [1.807, 2.05) is 12.1 Å². The second kappa shape index (κ2) is 9.68. The molecule has 0 aromatic heterocycles. The Balaban J connectivity index is 2.39. The van der Waals surface area contributed by atoms with E-state index in [-0.39, 0.29) is 11.9 Å². The first-order chi connectivity index (χ1) is 10.8. The van der Waals surface area contributed by atoms with Gasteiger partial charge in [-0.1, -0.05) is 52.0 Å². The first-order valence-electron chi connectivity index (χ1n) is 8.56. The summed E-state index contributed by atoms with van der Waals surface area (Å²) in [5, 5.41) is 2.87. The van der Waals surface area contributed by atoms with Gasteiger partial charge in [0, 0.05) is 19.2 Å². The van der Waals surface area contributed by atoms with Gasteiger partial charge >= 0.3 is 0 Å². The number of benzene rings is 1. The molecule has 0 radical (unpaired) electrons. The standard InChI is InChI=1S/C19H32N2O2/c1-13(2)10-11-23-15(5)19(22)21-12-18(20)17-8-6-16(7-9-17)14(3)4/h6-9,13-15,18H,10-12,20H2,1-5H3,(H,21,22). The molecule has 0 saturated heterocycles. The lowest BCUT2D eigenvalue weighted by Gasteiger charge is -2.17. The Labute approximate surface area is 140 Å². The van der Waals surface area contributed by atoms with Crippen molar-refractivity contribution in [3.63, 3.8) is 0 Å². The molecule has 0 aliphatic rings. The van der Waals surface area contributed by atoms with Gasteiger partial charge in [-0.2, -0.15) is 0 Å². The van der Waals surface area contributed by atoms with Crippen LogP contribution in [0, 0.1) is 5.92 Å². The largest absolute Gasteiger partial charge is 0.369 e. The third-order valence-electron chi connectivity index (χ3n) is 3.96. The van der Waals surface area contributed by atoms with Crippen LogP contribution in [0.4, 0.5) is 0 Å². The zero-order valence-corrected chi connectivity index (χ0v) is 15.1. The van der Waals surface area contributed by atoms with Crippen LogP contribution in [0.3, 0.4) is 0 Å². The monoisotopic (exact) mass is 320 g/mol. The highest BCUT2D eigenvalue weighted by molar-refractivity contribution is 5.80. The van der Waals surface area contributed by atoms with Crippen LogP contribution in [-0.2, 0) is 9.53 Å². The Hall–Kier alpha value is -1.39. The predicted molar refractivity (Wildman–Crippen MR) is 95.3 cm³/mol. The van der Waals surface area contributed by atoms with Crippen LogP contribution >= 0.6 is 0 Å². The van der Waals surface area contributed by atoms with Gasteiger partial charge in [0.05, 0.1) is 0 Å². The molecule has 0 fully saturated rings. The lowest BCUT2D eigenvalue weighted by molar-refractivity contribution is -0.132. The van der Waals surface area contributed by atoms with Crippen molar-refractivity contribution >= 4 is 5.91 Å². The molecule has 3 N–H and O–H groups in total. The Morgan fingerprint density at radius 2 is 1.65 bits per heavy atom. The number of rotatable bonds is 9. The van der Waals surface area contributed by atoms with Crippen LogP contribution in [0.2, 0.25) is 0 Å². The van der Waals surface area contributed by atoms with E-state index in [0.717, 1.165) is 12.0 Å². The van der Waals surface area contributed by atoms with E-state index in [4.69, 9.17) is 10.5 Å². The number of nitrogens with one attached hydrogen (secondary N) is 1. The van der Waals surface area contributed by atoms with Crippen molar-refractivity contribution < 1.29 is 9.53 Å². The molecule has 1 aromatic rings. The fraction of sp³-hybridized carbons (Fsp3) is 0.632. The zero-order valence-electron chi connectivity index (χ0n) is 15.1. The molecule has 1 aromatic carbocycles. The molecule has 0 aliphatic heterocycles. The third-order valence-corrected chi connectivity index (χ3v) is 3.96. The Morgan fingerprint density at radius 1 is 1.09 bits per heavy atom. The molecule has 2 unspecified atom stereocenters. The van der Waals surface area contributed by atoms with Crippen molar-refractivity contribution in [2.45, 2.75) is 59.1 Å². The molecule has 4 heteroatoms. The maximum atomic E-state index is 12.0. The van der Waals surface area contributed by atoms with Gasteiger partial charge < -0.3 is 15.8 Å². The van der Waals surface area contributed by atoms with Gasteiger partial charge in [0.1, 0.15) is 6.10 Å². The molecule has 1 amide bonds. The fourth-order valence-corrected chi connectivity index (χ4v) is 2.16. The molecule has 1 rings (SSSR count). The predicted octanol–water partition coefficient (Wildman–Crippen LogP) is 3.38. The quantitative estimate of drug-likeness (QED) is 0.733. The molecule has 0 saturated carbocycles. The average molecular weight is 320 g/mol. The smallest absolute Gasteiger partial charge is 0.248 e. The van der Waals surface area contributed by atoms with Crippen molar-refractivity contribution in [1.82, 2.24) is 5.32 Å². The maximum absolute atomic E-state index is 12.0. The molecule has 4 nitrogen and oxygen atoms in total. The van der Waals surface area contributed by atoms with Crippen molar-refractivity contribution in [3.05, 3.63) is 35.4 Å². The maximum Gasteiger partial charge on any atom is 0.248 e. The number of carbonyl (C=O) groups excluding carboxylic acids is 1. The van der Waals surface area contributed by atoms with E-state index in [9.17, 15) is 4.79 Å². The normalized spacial score (nSPS) is 14.1. The Bertz CT molecular complexity index is 469. The number of amides is 1. The van der Waals surface area contributed by atoms with Crippen molar-refractivity contribution in [2.75, 3.05) is 13.2 Å². The van der Waals surface area contributed by atoms with Crippen LogP contribution in [-0.4, -0.2) is 25.2 Å². The molecule has 23 heavy (non-hydrogen) atoms. The third kappa shape index (κ3) is 7.14. The van der Waals surface area contributed by atoms with E-state index in [1.165, 1.54) is 5.56 Å². The molecule has 0 aliphatic carbocycles. The zero-order chi connectivity index (χ0) is 17.4. The lowest BCUT2D eigenvalue weighted by Crippen LogP contribution is -2.38. The van der Waals surface area contributed by atoms with Crippen molar-refractivity contribution in [3.8, 4) is 0 Å². The molecule has 2 atom stereocenters. The van der Waals surface area contributed by atoms with E-state index in [0.29, 0.717) is 25.0 Å². The minimum absolute atomic E-state index is 0.108. The summed E-state index contributed by atoms with van der Waals surface area (Å²) in [6.45, 7) is 11.4. The fourth-order valence-electron chi connectivity index (χ4n) is 2.16. The molecular formula is C19H32N2O2. The van der Waals surface area contributed by atoms with Crippen LogP contribution in [0.15, 0.2) is 24.3 Å². The van der Waals surface area contributed by atoms with Crippen molar-refractivity contribution in [1.29, 1.82) is 0 Å². The molecule has 0 spiro atoms. The second-order valence-corrected chi connectivity index (χ2v) is 6.87. The van der Waals surface area contributed by atoms with Crippen LogP contribution in [0.25, 0.3) is 0 Å². The number of nitrogens with two attached hydrogens (primary N) is 1. The van der Waals surface area contributed by atoms with Gasteiger partial charge in [-0.05, 0) is 36.3 Å². The summed E-state index contributed by atoms with van der Waals surface area (Å²) in [6.07, 6.45) is 0.517. The van der Waals surface area contributed by atoms with E-state index < -0.39 is 6.10 Å². The van der Waals surface area contributed by atoms with E-state index >= 15 is 0 Å². The Kier molecular flexibility index (Phi) is 8.28. The van der Waals surface area contributed by atoms with Gasteiger partial charge in [-0.3, -0.25) is 4.79 Å². The van der Waals surface area contributed by atoms with Crippen LogP contribution in [0.1, 0.15) is 64.1 Å². The summed E-state index contributed by atoms with van der Waals surface area (Å²) < 4.78 is 5.54. The minimum Gasteiger partial charge on any atom is -0.369 e. The first kappa shape index (κ1) is 19.7. The highest BCUT2D eigenvalue weighted by Gasteiger charge is 2.15. The molecular weight excluding hydrogens is 288 g/mol. The van der Waals surface area contributed by atoms with Gasteiger partial charge in [-0.15, -0.1) is 0 Å². The number of hydrogen-bond acceptors (Lipinski definition) is 3.